The van der Waals surface area contributed by atoms with E-state index in [1.165, 1.54) is 34.4 Å². The van der Waals surface area contributed by atoms with Crippen molar-refractivity contribution in [3.63, 3.8) is 0 Å². The first-order chi connectivity index (χ1) is 29.0. The third-order valence-electron chi connectivity index (χ3n) is 9.79. The second-order valence-electron chi connectivity index (χ2n) is 13.5. The Morgan fingerprint density at radius 3 is 2.27 bits per heavy atom. The highest BCUT2D eigenvalue weighted by Gasteiger charge is 2.29. The molecule has 0 saturated carbocycles. The van der Waals surface area contributed by atoms with E-state index in [9.17, 15) is 4.79 Å². The lowest BCUT2D eigenvalue weighted by Gasteiger charge is -2.28. The molecule has 11 nitrogen and oxygen atoms in total. The first kappa shape index (κ1) is 42.7. The van der Waals surface area contributed by atoms with Crippen LogP contribution in [0.3, 0.4) is 0 Å². The van der Waals surface area contributed by atoms with Gasteiger partial charge in [-0.1, -0.05) is 81.7 Å². The molecule has 2 N–H and O–H groups in total. The van der Waals surface area contributed by atoms with Crippen LogP contribution in [0.5, 0.6) is 0 Å². The number of carbonyl (C=O) groups is 1. The highest BCUT2D eigenvalue weighted by Crippen LogP contribution is 2.47. The van der Waals surface area contributed by atoms with Gasteiger partial charge in [0.15, 0.2) is 6.54 Å². The average molecular weight is 871 g/mol. The lowest BCUT2D eigenvalue weighted by atomic mass is 10.1. The molecular weight excluding hydrogens is 827 g/mol. The molecule has 0 fully saturated rings. The zero-order valence-corrected chi connectivity index (χ0v) is 35.8. The van der Waals surface area contributed by atoms with Gasteiger partial charge in [0, 0.05) is 77.0 Å². The van der Waals surface area contributed by atoms with Crippen LogP contribution >= 0.6 is 47.2 Å². The van der Waals surface area contributed by atoms with Gasteiger partial charge in [0.2, 0.25) is 5.52 Å². The van der Waals surface area contributed by atoms with Gasteiger partial charge in [-0.15, -0.1) is 8.67 Å². The number of allylic oxidation sites excluding steroid dienone is 5. The molecule has 2 aliphatic rings. The maximum atomic E-state index is 12.5. The van der Waals surface area contributed by atoms with Gasteiger partial charge in [-0.05, 0) is 104 Å². The summed E-state index contributed by atoms with van der Waals surface area (Å²) in [4.78, 5) is 18.5. The average Bonchev–Trinajstić information content (AvgIpc) is 3.94. The molecule has 0 unspecified atom stereocenters. The van der Waals surface area contributed by atoms with Crippen molar-refractivity contribution in [3.8, 4) is 0 Å². The molecule has 1 aliphatic carbocycles. The van der Waals surface area contributed by atoms with Gasteiger partial charge in [-0.25, -0.2) is 15.3 Å². The van der Waals surface area contributed by atoms with Crippen LogP contribution in [-0.4, -0.2) is 41.6 Å². The highest BCUT2D eigenvalue weighted by molar-refractivity contribution is 8.03. The van der Waals surface area contributed by atoms with Crippen molar-refractivity contribution in [2.75, 3.05) is 35.0 Å². The van der Waals surface area contributed by atoms with E-state index < -0.39 is 0 Å². The SMILES string of the molecule is COC(=O)c1ccc2sc(/C=C/C3=C(N(c4ccccc4)c4ccccc4)C(=C/C=C4\Sc5ccc(C)cc5N4CCCSOOO)/CC3)[n+](CCCSOOO)c2c1. The summed E-state index contributed by atoms with van der Waals surface area (Å²) in [6.45, 7) is 3.53. The number of para-hydroxylation sites is 2. The summed E-state index contributed by atoms with van der Waals surface area (Å²) in [7, 11) is 1.39. The minimum Gasteiger partial charge on any atom is -0.465 e. The molecule has 1 aliphatic heterocycles. The summed E-state index contributed by atoms with van der Waals surface area (Å²) >= 11 is 5.54. The molecule has 59 heavy (non-hydrogen) atoms. The van der Waals surface area contributed by atoms with Gasteiger partial charge in [0.1, 0.15) is 4.70 Å². The van der Waals surface area contributed by atoms with Crippen LogP contribution < -0.4 is 14.4 Å². The molecule has 0 saturated heterocycles. The number of ether oxygens (including phenoxy) is 1. The van der Waals surface area contributed by atoms with E-state index in [1.54, 1.807) is 29.2 Å². The number of nitrogens with zero attached hydrogens (tertiary/aromatic N) is 3. The standard InChI is InChI=1S/C44H43N3O8S4/c1-31-15-21-39-37(29-31)45(25-9-27-56-54-52-49)41(58-39)23-19-32-16-17-33(43(32)47(35-11-5-3-6-12-35)36-13-7-4-8-14-36)20-24-42-46(26-10-28-57-55-53-50)38-30-34(44(48)51-2)18-22-40(38)59-42/h3-8,11-15,18-24,29-30H,9-10,16-17,25-28H2,1-2H3,(H-,49,50)/p+1. The molecule has 4 aromatic carbocycles. The monoisotopic (exact) mass is 870 g/mol. The number of esters is 1. The predicted molar refractivity (Wildman–Crippen MR) is 238 cm³/mol. The number of hydrogen-bond acceptors (Lipinski definition) is 14. The molecule has 15 heteroatoms. The maximum absolute atomic E-state index is 12.5. The van der Waals surface area contributed by atoms with Crippen LogP contribution in [0.1, 0.15) is 46.6 Å². The van der Waals surface area contributed by atoms with Gasteiger partial charge in [0.25, 0.3) is 5.01 Å². The quantitative estimate of drug-likeness (QED) is 0.0205. The summed E-state index contributed by atoms with van der Waals surface area (Å²) in [5.41, 5.74) is 9.48. The van der Waals surface area contributed by atoms with Crippen molar-refractivity contribution in [1.82, 2.24) is 0 Å². The number of benzene rings is 4. The Hall–Kier alpha value is -4.39. The molecular formula is C44H44N3O8S4+. The van der Waals surface area contributed by atoms with Crippen LogP contribution in [0.4, 0.5) is 17.1 Å². The van der Waals surface area contributed by atoms with Gasteiger partial charge in [0.05, 0.1) is 29.1 Å². The second-order valence-corrected chi connectivity index (χ2v) is 17.2. The molecule has 0 bridgehead atoms. The first-order valence-electron chi connectivity index (χ1n) is 19.0. The number of aromatic nitrogens is 1. The van der Waals surface area contributed by atoms with Crippen LogP contribution in [0.15, 0.2) is 142 Å². The van der Waals surface area contributed by atoms with Crippen molar-refractivity contribution < 1.29 is 43.4 Å². The molecule has 0 spiro atoms. The minimum absolute atomic E-state index is 0.386. The number of carbonyl (C=O) groups excluding carboxylic acids is 1. The molecule has 5 aromatic rings. The summed E-state index contributed by atoms with van der Waals surface area (Å²) in [5, 5.41) is 26.9. The fraction of sp³-hybridized carbons (Fsp3) is 0.227. The van der Waals surface area contributed by atoms with Crippen molar-refractivity contribution in [1.29, 1.82) is 0 Å². The molecule has 0 radical (unpaired) electrons. The smallest absolute Gasteiger partial charge is 0.338 e. The van der Waals surface area contributed by atoms with Crippen molar-refractivity contribution in [3.05, 3.63) is 153 Å². The summed E-state index contributed by atoms with van der Waals surface area (Å²) in [5.74, 6) is 0.850. The molecule has 1 aromatic heterocycles. The van der Waals surface area contributed by atoms with Gasteiger partial charge in [-0.3, -0.25) is 0 Å². The fourth-order valence-corrected chi connectivity index (χ4v) is 10.0. The first-order valence-corrected chi connectivity index (χ1v) is 22.5. The Morgan fingerprint density at radius 1 is 0.864 bits per heavy atom. The topological polar surface area (TPSA) is 114 Å². The zero-order valence-electron chi connectivity index (χ0n) is 32.5. The fourth-order valence-electron chi connectivity index (χ4n) is 7.17. The van der Waals surface area contributed by atoms with Crippen LogP contribution in [-0.2, 0) is 30.0 Å². The zero-order chi connectivity index (χ0) is 41.0. The van der Waals surface area contributed by atoms with E-state index in [4.69, 9.17) is 15.3 Å². The lowest BCUT2D eigenvalue weighted by molar-refractivity contribution is -0.668. The number of methoxy groups -OCH3 is 1. The number of aryl methyl sites for hydroxylation is 2. The Labute approximate surface area is 360 Å². The van der Waals surface area contributed by atoms with Crippen molar-refractivity contribution in [2.45, 2.75) is 44.0 Å². The Kier molecular flexibility index (Phi) is 15.4. The van der Waals surface area contributed by atoms with Crippen LogP contribution in [0.25, 0.3) is 16.3 Å². The van der Waals surface area contributed by atoms with Gasteiger partial charge >= 0.3 is 5.97 Å². The number of thioether (sulfide) groups is 1. The van der Waals surface area contributed by atoms with E-state index in [1.807, 2.05) is 24.3 Å². The summed E-state index contributed by atoms with van der Waals surface area (Å²) in [6.07, 6.45) is 12.2. The largest absolute Gasteiger partial charge is 0.465 e. The third-order valence-corrected chi connectivity index (χ3v) is 13.3. The summed E-state index contributed by atoms with van der Waals surface area (Å²) in [6, 6.07) is 33.2. The third kappa shape index (κ3) is 10.5. The molecule has 0 atom stereocenters. The van der Waals surface area contributed by atoms with E-state index in [0.717, 1.165) is 93.6 Å². The number of fused-ring (bicyclic) bond motifs is 2. The maximum Gasteiger partial charge on any atom is 0.338 e. The Bertz CT molecular complexity index is 2310. The van der Waals surface area contributed by atoms with E-state index in [0.29, 0.717) is 23.6 Å². The number of thiazole rings is 1. The van der Waals surface area contributed by atoms with E-state index in [2.05, 4.69) is 131 Å². The molecule has 306 valence electrons. The van der Waals surface area contributed by atoms with Crippen molar-refractivity contribution >= 4 is 86.5 Å². The molecule has 0 amide bonds. The highest BCUT2D eigenvalue weighted by atomic mass is 32.2. The summed E-state index contributed by atoms with van der Waals surface area (Å²) < 4.78 is 17.6. The van der Waals surface area contributed by atoms with E-state index in [-0.39, 0.29) is 5.97 Å². The molecule has 2 heterocycles. The lowest BCUT2D eigenvalue weighted by Crippen LogP contribution is -2.35. The van der Waals surface area contributed by atoms with Gasteiger partial charge < -0.3 is 14.5 Å². The number of hydrogen-bond donors (Lipinski definition) is 2. The van der Waals surface area contributed by atoms with Gasteiger partial charge in [-0.2, -0.15) is 4.57 Å². The van der Waals surface area contributed by atoms with Crippen LogP contribution in [0.2, 0.25) is 0 Å². The molecule has 7 rings (SSSR count). The second kappa shape index (κ2) is 21.2. The normalized spacial score (nSPS) is 15.4. The Balaban J connectivity index is 1.31. The van der Waals surface area contributed by atoms with Crippen molar-refractivity contribution in [2.24, 2.45) is 0 Å². The predicted octanol–water partition coefficient (Wildman–Crippen LogP) is 11.5. The number of rotatable bonds is 19. The minimum atomic E-state index is -0.386. The van der Waals surface area contributed by atoms with E-state index >= 15 is 0 Å². The Morgan fingerprint density at radius 2 is 1.58 bits per heavy atom. The number of anilines is 3. The van der Waals surface area contributed by atoms with Crippen LogP contribution in [0, 0.1) is 6.92 Å².